The van der Waals surface area contributed by atoms with Gasteiger partial charge in [0.05, 0.1) is 10.6 Å². The molecule has 0 aliphatic heterocycles. The van der Waals surface area contributed by atoms with Crippen molar-refractivity contribution in [2.45, 2.75) is 9.24 Å². The van der Waals surface area contributed by atoms with E-state index in [1.807, 2.05) is 0 Å². The fraction of sp³-hybridized carbons (Fsp3) is 0.125. The van der Waals surface area contributed by atoms with Crippen molar-refractivity contribution >= 4 is 43.8 Å². The molecular weight excluding hydrogens is 381 g/mol. The number of hydrogen-bond donors (Lipinski definition) is 1. The molecule has 0 radical (unpaired) electrons. The Morgan fingerprint density at radius 1 is 1.08 bits per heavy atom. The summed E-state index contributed by atoms with van der Waals surface area (Å²) < 4.78 is 38.2. The lowest BCUT2D eigenvalue weighted by molar-refractivity contribution is 0.597. The molecule has 1 aromatic heterocycles. The molecule has 3 rings (SSSR count). The highest BCUT2D eigenvalue weighted by Crippen LogP contribution is 2.28. The van der Waals surface area contributed by atoms with Gasteiger partial charge in [0.1, 0.15) is 5.82 Å². The number of benzene rings is 2. The van der Waals surface area contributed by atoms with Gasteiger partial charge in [-0.25, -0.2) is 12.8 Å². The van der Waals surface area contributed by atoms with Crippen LogP contribution in [0.15, 0.2) is 63.8 Å². The molecule has 0 atom stereocenters. The molecule has 1 N–H and O–H groups in total. The van der Waals surface area contributed by atoms with E-state index in [1.54, 1.807) is 42.5 Å². The lowest BCUT2D eigenvalue weighted by atomic mass is 10.3. The number of hydrogen-bond acceptors (Lipinski definition) is 7. The maximum absolute atomic E-state index is 13.2. The molecule has 1 heterocycles. The molecule has 25 heavy (non-hydrogen) atoms. The van der Waals surface area contributed by atoms with Gasteiger partial charge in [0.2, 0.25) is 5.13 Å². The Balaban J connectivity index is 1.55. The van der Waals surface area contributed by atoms with E-state index < -0.39 is 9.84 Å². The largest absolute Gasteiger partial charge is 0.330 e. The Bertz CT molecular complexity index is 946. The standard InChI is InChI=1S/C16H14FN3O2S3/c17-12-5-4-6-13(11-12)18-15-19-20-16(24-15)23-9-10-25(21,22)14-7-2-1-3-8-14/h1-8,11H,9-10H2,(H,18,19). The summed E-state index contributed by atoms with van der Waals surface area (Å²) in [5.74, 6) is 0.0648. The van der Waals surface area contributed by atoms with Crippen molar-refractivity contribution in [2.75, 3.05) is 16.8 Å². The van der Waals surface area contributed by atoms with Crippen molar-refractivity contribution in [2.24, 2.45) is 0 Å². The zero-order chi connectivity index (χ0) is 17.7. The predicted molar refractivity (Wildman–Crippen MR) is 98.8 cm³/mol. The normalized spacial score (nSPS) is 11.4. The van der Waals surface area contributed by atoms with E-state index >= 15 is 0 Å². The van der Waals surface area contributed by atoms with Crippen LogP contribution < -0.4 is 5.32 Å². The van der Waals surface area contributed by atoms with Crippen LogP contribution in [0, 0.1) is 5.82 Å². The highest BCUT2D eigenvalue weighted by molar-refractivity contribution is 8.02. The van der Waals surface area contributed by atoms with Gasteiger partial charge in [0, 0.05) is 11.4 Å². The summed E-state index contributed by atoms with van der Waals surface area (Å²) in [6.45, 7) is 0. The molecule has 9 heteroatoms. The van der Waals surface area contributed by atoms with Crippen molar-refractivity contribution < 1.29 is 12.8 Å². The van der Waals surface area contributed by atoms with Crippen molar-refractivity contribution in [3.8, 4) is 0 Å². The SMILES string of the molecule is O=S(=O)(CCSc1nnc(Nc2cccc(F)c2)s1)c1ccccc1. The monoisotopic (exact) mass is 395 g/mol. The molecular formula is C16H14FN3O2S3. The Labute approximate surface area is 153 Å². The zero-order valence-electron chi connectivity index (χ0n) is 12.9. The minimum Gasteiger partial charge on any atom is -0.330 e. The van der Waals surface area contributed by atoms with Crippen LogP contribution in [-0.4, -0.2) is 30.1 Å². The lowest BCUT2D eigenvalue weighted by Gasteiger charge is -2.02. The molecule has 5 nitrogen and oxygen atoms in total. The fourth-order valence-corrected chi connectivity index (χ4v) is 5.50. The minimum atomic E-state index is -3.30. The first-order valence-electron chi connectivity index (χ1n) is 7.30. The van der Waals surface area contributed by atoms with E-state index in [0.29, 0.717) is 25.8 Å². The second kappa shape index (κ2) is 7.94. The van der Waals surface area contributed by atoms with E-state index in [1.165, 1.54) is 35.2 Å². The van der Waals surface area contributed by atoms with E-state index in [9.17, 15) is 12.8 Å². The van der Waals surface area contributed by atoms with E-state index in [2.05, 4.69) is 15.5 Å². The first-order chi connectivity index (χ1) is 12.0. The Morgan fingerprint density at radius 2 is 1.88 bits per heavy atom. The van der Waals surface area contributed by atoms with E-state index in [4.69, 9.17) is 0 Å². The van der Waals surface area contributed by atoms with Gasteiger partial charge < -0.3 is 5.32 Å². The van der Waals surface area contributed by atoms with Gasteiger partial charge in [0.15, 0.2) is 14.2 Å². The molecule has 0 saturated carbocycles. The number of aromatic nitrogens is 2. The summed E-state index contributed by atoms with van der Waals surface area (Å²) in [5.41, 5.74) is 0.583. The van der Waals surface area contributed by atoms with Crippen molar-refractivity contribution in [3.63, 3.8) is 0 Å². The third kappa shape index (κ3) is 5.00. The average Bonchev–Trinajstić information content (AvgIpc) is 3.03. The molecule has 0 aliphatic rings. The molecule has 0 bridgehead atoms. The maximum Gasteiger partial charge on any atom is 0.210 e. The zero-order valence-corrected chi connectivity index (χ0v) is 15.4. The highest BCUT2D eigenvalue weighted by Gasteiger charge is 2.14. The lowest BCUT2D eigenvalue weighted by Crippen LogP contribution is -2.08. The number of anilines is 2. The Morgan fingerprint density at radius 3 is 2.64 bits per heavy atom. The fourth-order valence-electron chi connectivity index (χ4n) is 1.99. The molecule has 0 unspecified atom stereocenters. The van der Waals surface area contributed by atoms with Gasteiger partial charge in [-0.2, -0.15) is 0 Å². The number of halogens is 1. The second-order valence-corrected chi connectivity index (χ2v) is 9.42. The van der Waals surface area contributed by atoms with Gasteiger partial charge in [-0.15, -0.1) is 10.2 Å². The van der Waals surface area contributed by atoms with Crippen LogP contribution in [0.5, 0.6) is 0 Å². The topological polar surface area (TPSA) is 72.0 Å². The molecule has 0 fully saturated rings. The van der Waals surface area contributed by atoms with E-state index in [0.717, 1.165) is 0 Å². The predicted octanol–water partition coefficient (Wildman–Crippen LogP) is 3.99. The van der Waals surface area contributed by atoms with Crippen LogP contribution >= 0.6 is 23.1 Å². The first kappa shape index (κ1) is 17.8. The maximum atomic E-state index is 13.2. The van der Waals surface area contributed by atoms with E-state index in [-0.39, 0.29) is 11.6 Å². The van der Waals surface area contributed by atoms with Gasteiger partial charge in [-0.3, -0.25) is 0 Å². The summed E-state index contributed by atoms with van der Waals surface area (Å²) in [7, 11) is -3.30. The van der Waals surface area contributed by atoms with Gasteiger partial charge >= 0.3 is 0 Å². The van der Waals surface area contributed by atoms with Crippen LogP contribution in [0.3, 0.4) is 0 Å². The summed E-state index contributed by atoms with van der Waals surface area (Å²) >= 11 is 2.62. The summed E-state index contributed by atoms with van der Waals surface area (Å²) in [4.78, 5) is 0.321. The van der Waals surface area contributed by atoms with Crippen molar-refractivity contribution in [1.29, 1.82) is 0 Å². The molecule has 0 saturated heterocycles. The third-order valence-corrected chi connectivity index (χ3v) is 7.13. The summed E-state index contributed by atoms with van der Waals surface area (Å²) in [6.07, 6.45) is 0. The minimum absolute atomic E-state index is 0.0217. The number of nitrogens with one attached hydrogen (secondary N) is 1. The average molecular weight is 396 g/mol. The number of thioether (sulfide) groups is 1. The van der Waals surface area contributed by atoms with Crippen LogP contribution in [0.1, 0.15) is 0 Å². The molecule has 0 spiro atoms. The second-order valence-electron chi connectivity index (χ2n) is 4.99. The van der Waals surface area contributed by atoms with Gasteiger partial charge in [-0.1, -0.05) is 47.4 Å². The summed E-state index contributed by atoms with van der Waals surface area (Å²) in [6, 6.07) is 14.4. The molecule has 0 amide bonds. The molecule has 3 aromatic rings. The van der Waals surface area contributed by atoms with Gasteiger partial charge in [0.25, 0.3) is 0 Å². The molecule has 0 aliphatic carbocycles. The molecule has 130 valence electrons. The number of nitrogens with zero attached hydrogens (tertiary/aromatic N) is 2. The highest BCUT2D eigenvalue weighted by atomic mass is 32.2. The van der Waals surface area contributed by atoms with Crippen LogP contribution in [0.2, 0.25) is 0 Å². The molecule has 2 aromatic carbocycles. The quantitative estimate of drug-likeness (QED) is 0.610. The van der Waals surface area contributed by atoms with Crippen molar-refractivity contribution in [1.82, 2.24) is 10.2 Å². The number of sulfone groups is 1. The van der Waals surface area contributed by atoms with Crippen LogP contribution in [0.25, 0.3) is 0 Å². The van der Waals surface area contributed by atoms with Crippen LogP contribution in [-0.2, 0) is 9.84 Å². The Kier molecular flexibility index (Phi) is 5.67. The number of rotatable bonds is 7. The van der Waals surface area contributed by atoms with Gasteiger partial charge in [-0.05, 0) is 30.3 Å². The first-order valence-corrected chi connectivity index (χ1v) is 10.7. The third-order valence-electron chi connectivity index (χ3n) is 3.16. The van der Waals surface area contributed by atoms with Crippen molar-refractivity contribution in [3.05, 3.63) is 60.4 Å². The Hall–Kier alpha value is -1.97. The smallest absolute Gasteiger partial charge is 0.210 e. The summed E-state index contributed by atoms with van der Waals surface area (Å²) in [5, 5.41) is 11.5. The van der Waals surface area contributed by atoms with Crippen LogP contribution in [0.4, 0.5) is 15.2 Å².